The van der Waals surface area contributed by atoms with Crippen LogP contribution in [-0.4, -0.2) is 35.2 Å². The Morgan fingerprint density at radius 3 is 2.81 bits per heavy atom. The maximum Gasteiger partial charge on any atom is 0.265 e. The summed E-state index contributed by atoms with van der Waals surface area (Å²) in [6, 6.07) is 0. The lowest BCUT2D eigenvalue weighted by atomic mass is 9.87. The van der Waals surface area contributed by atoms with Gasteiger partial charge in [-0.25, -0.2) is 4.98 Å². The van der Waals surface area contributed by atoms with E-state index in [0.717, 1.165) is 38.6 Å². The monoisotopic (exact) mass is 312 g/mol. The summed E-state index contributed by atoms with van der Waals surface area (Å²) in [5, 5.41) is 16.2. The Hall–Kier alpha value is -1.34. The zero-order valence-electron chi connectivity index (χ0n) is 12.4. The number of aliphatic hydroxyl groups excluding tert-OH is 1. The van der Waals surface area contributed by atoms with Crippen molar-refractivity contribution in [3.8, 4) is 0 Å². The highest BCUT2D eigenvalue weighted by atomic mass is 32.1. The molecule has 21 heavy (non-hydrogen) atoms. The fourth-order valence-electron chi connectivity index (χ4n) is 2.47. The van der Waals surface area contributed by atoms with Crippen LogP contribution >= 0.6 is 11.3 Å². The van der Waals surface area contributed by atoms with Crippen LogP contribution in [0.1, 0.15) is 48.7 Å². The molecule has 5 N–H and O–H groups in total. The summed E-state index contributed by atoms with van der Waals surface area (Å²) in [5.74, 6) is 0.583. The zero-order valence-corrected chi connectivity index (χ0v) is 13.2. The van der Waals surface area contributed by atoms with Crippen molar-refractivity contribution in [1.29, 1.82) is 0 Å². The van der Waals surface area contributed by atoms with Crippen LogP contribution < -0.4 is 16.4 Å². The van der Waals surface area contributed by atoms with E-state index in [1.54, 1.807) is 0 Å². The molecule has 1 aromatic heterocycles. The molecule has 1 saturated carbocycles. The number of nitrogens with one attached hydrogen (secondary N) is 2. The van der Waals surface area contributed by atoms with Gasteiger partial charge >= 0.3 is 0 Å². The first-order valence-electron chi connectivity index (χ1n) is 7.56. The molecule has 0 aliphatic heterocycles. The second-order valence-corrected chi connectivity index (χ2v) is 6.54. The highest BCUT2D eigenvalue weighted by Gasteiger charge is 2.21. The van der Waals surface area contributed by atoms with Crippen LogP contribution in [-0.2, 0) is 0 Å². The molecule has 0 spiro atoms. The number of hydrogen-bond donors (Lipinski definition) is 4. The molecule has 0 unspecified atom stereocenters. The summed E-state index contributed by atoms with van der Waals surface area (Å²) in [4.78, 5) is 16.8. The number of nitrogen functional groups attached to an aromatic ring is 1. The van der Waals surface area contributed by atoms with Gasteiger partial charge in [0.05, 0.1) is 6.10 Å². The number of carbonyl (C=O) groups excluding carboxylic acids is 1. The number of hydrogen-bond acceptors (Lipinski definition) is 6. The van der Waals surface area contributed by atoms with Gasteiger partial charge in [-0.1, -0.05) is 18.3 Å². The van der Waals surface area contributed by atoms with Crippen LogP contribution in [0, 0.1) is 5.92 Å². The molecule has 2 rings (SSSR count). The van der Waals surface area contributed by atoms with Gasteiger partial charge in [0.15, 0.2) is 5.13 Å². The molecule has 0 radical (unpaired) electrons. The van der Waals surface area contributed by atoms with Gasteiger partial charge in [-0.15, -0.1) is 0 Å². The number of aromatic nitrogens is 1. The lowest BCUT2D eigenvalue weighted by molar-refractivity contribution is 0.0914. The summed E-state index contributed by atoms with van der Waals surface area (Å²) in [6.07, 6.45) is 4.41. The summed E-state index contributed by atoms with van der Waals surface area (Å²) in [7, 11) is 0. The van der Waals surface area contributed by atoms with Crippen LogP contribution in [0.4, 0.5) is 10.9 Å². The Labute approximate surface area is 129 Å². The summed E-state index contributed by atoms with van der Waals surface area (Å²) in [5.41, 5.74) is 5.81. The largest absolute Gasteiger partial charge is 0.393 e. The Balaban J connectivity index is 1.84. The Kier molecular flexibility index (Phi) is 5.81. The van der Waals surface area contributed by atoms with Crippen LogP contribution in [0.3, 0.4) is 0 Å². The number of nitrogens with zero attached hydrogens (tertiary/aromatic N) is 1. The number of aliphatic hydroxyl groups is 1. The van der Waals surface area contributed by atoms with E-state index in [9.17, 15) is 9.90 Å². The fourth-order valence-corrected chi connectivity index (χ4v) is 3.30. The van der Waals surface area contributed by atoms with E-state index >= 15 is 0 Å². The van der Waals surface area contributed by atoms with Crippen molar-refractivity contribution in [3.05, 3.63) is 4.88 Å². The molecule has 7 heteroatoms. The van der Waals surface area contributed by atoms with E-state index in [1.807, 2.05) is 0 Å². The molecule has 1 aromatic rings. The molecule has 0 atom stereocenters. The average Bonchev–Trinajstić information content (AvgIpc) is 2.85. The van der Waals surface area contributed by atoms with Crippen LogP contribution in [0.5, 0.6) is 0 Å². The second-order valence-electron chi connectivity index (χ2n) is 5.54. The average molecular weight is 312 g/mol. The van der Waals surface area contributed by atoms with Crippen LogP contribution in [0.15, 0.2) is 0 Å². The molecule has 118 valence electrons. The molecule has 1 heterocycles. The lowest BCUT2D eigenvalue weighted by Crippen LogP contribution is -2.32. The van der Waals surface area contributed by atoms with Gasteiger partial charge in [-0.05, 0) is 38.0 Å². The van der Waals surface area contributed by atoms with Crippen molar-refractivity contribution in [2.75, 3.05) is 24.1 Å². The molecule has 0 bridgehead atoms. The SMILES string of the molecule is CCCNc1nc(N)c(C(=O)NCC2CCC(O)CC2)s1. The number of amides is 1. The van der Waals surface area contributed by atoms with Gasteiger partial charge in [0, 0.05) is 13.1 Å². The maximum absolute atomic E-state index is 12.2. The standard InChI is InChI=1S/C14H24N4O2S/c1-2-7-16-14-18-12(15)11(21-14)13(20)17-8-9-3-5-10(19)6-4-9/h9-10,19H,2-8,15H2,1H3,(H,16,18)(H,17,20). The molecule has 6 nitrogen and oxygen atoms in total. The lowest BCUT2D eigenvalue weighted by Gasteiger charge is -2.25. The fraction of sp³-hybridized carbons (Fsp3) is 0.714. The maximum atomic E-state index is 12.2. The number of anilines is 2. The number of nitrogens with two attached hydrogens (primary N) is 1. The summed E-state index contributed by atoms with van der Waals surface area (Å²) in [6.45, 7) is 3.53. The van der Waals surface area contributed by atoms with E-state index < -0.39 is 0 Å². The first-order chi connectivity index (χ1) is 10.1. The second kappa shape index (κ2) is 7.61. The molecule has 0 saturated heterocycles. The summed E-state index contributed by atoms with van der Waals surface area (Å²) < 4.78 is 0. The van der Waals surface area contributed by atoms with Crippen molar-refractivity contribution >= 4 is 28.2 Å². The predicted molar refractivity (Wildman–Crippen MR) is 85.6 cm³/mol. The third-order valence-electron chi connectivity index (χ3n) is 3.75. The summed E-state index contributed by atoms with van der Waals surface area (Å²) >= 11 is 1.30. The van der Waals surface area contributed by atoms with Crippen LogP contribution in [0.25, 0.3) is 0 Å². The van der Waals surface area contributed by atoms with Crippen molar-refractivity contribution in [2.24, 2.45) is 5.92 Å². The molecule has 1 aliphatic rings. The van der Waals surface area contributed by atoms with E-state index in [0.29, 0.717) is 22.5 Å². The zero-order chi connectivity index (χ0) is 15.2. The third kappa shape index (κ3) is 4.57. The van der Waals surface area contributed by atoms with Gasteiger partial charge in [-0.2, -0.15) is 0 Å². The minimum Gasteiger partial charge on any atom is -0.393 e. The number of thiazole rings is 1. The van der Waals surface area contributed by atoms with Gasteiger partial charge < -0.3 is 21.5 Å². The van der Waals surface area contributed by atoms with Gasteiger partial charge in [0.1, 0.15) is 10.7 Å². The molecule has 1 amide bonds. The van der Waals surface area contributed by atoms with Crippen molar-refractivity contribution in [1.82, 2.24) is 10.3 Å². The highest BCUT2D eigenvalue weighted by molar-refractivity contribution is 7.18. The normalized spacial score (nSPS) is 22.0. The molecule has 1 fully saturated rings. The van der Waals surface area contributed by atoms with Crippen molar-refractivity contribution in [3.63, 3.8) is 0 Å². The quantitative estimate of drug-likeness (QED) is 0.642. The van der Waals surface area contributed by atoms with Gasteiger partial charge in [-0.3, -0.25) is 4.79 Å². The Bertz CT molecular complexity index is 470. The predicted octanol–water partition coefficient (Wildman–Crippen LogP) is 1.83. The van der Waals surface area contributed by atoms with E-state index in [-0.39, 0.29) is 17.8 Å². The minimum absolute atomic E-state index is 0.152. The van der Waals surface area contributed by atoms with Crippen molar-refractivity contribution in [2.45, 2.75) is 45.1 Å². The van der Waals surface area contributed by atoms with Crippen molar-refractivity contribution < 1.29 is 9.90 Å². The van der Waals surface area contributed by atoms with Gasteiger partial charge in [0.25, 0.3) is 5.91 Å². The topological polar surface area (TPSA) is 100 Å². The van der Waals surface area contributed by atoms with Crippen LogP contribution in [0.2, 0.25) is 0 Å². The molecule has 1 aliphatic carbocycles. The number of rotatable bonds is 6. The first-order valence-corrected chi connectivity index (χ1v) is 8.38. The van der Waals surface area contributed by atoms with E-state index in [2.05, 4.69) is 22.5 Å². The van der Waals surface area contributed by atoms with Gasteiger partial charge in [0.2, 0.25) is 0 Å². The molecular formula is C14H24N4O2S. The smallest absolute Gasteiger partial charge is 0.265 e. The molecular weight excluding hydrogens is 288 g/mol. The third-order valence-corrected chi connectivity index (χ3v) is 4.78. The minimum atomic E-state index is -0.165. The van der Waals surface area contributed by atoms with E-state index in [1.165, 1.54) is 11.3 Å². The van der Waals surface area contributed by atoms with E-state index in [4.69, 9.17) is 5.73 Å². The number of carbonyl (C=O) groups is 1. The highest BCUT2D eigenvalue weighted by Crippen LogP contribution is 2.26. The Morgan fingerprint density at radius 1 is 1.43 bits per heavy atom. The first kappa shape index (κ1) is 16.0. The Morgan fingerprint density at radius 2 is 2.14 bits per heavy atom. The molecule has 0 aromatic carbocycles.